The van der Waals surface area contributed by atoms with Gasteiger partial charge in [0.25, 0.3) is 0 Å². The van der Waals surface area contributed by atoms with Crippen molar-refractivity contribution in [2.45, 2.75) is 57.4 Å². The minimum atomic E-state index is -4.71. The fraction of sp³-hybridized carbons (Fsp3) is 0.929. The van der Waals surface area contributed by atoms with Gasteiger partial charge in [-0.2, -0.15) is 13.2 Å². The van der Waals surface area contributed by atoms with Crippen molar-refractivity contribution in [1.82, 2.24) is 0 Å². The Labute approximate surface area is 116 Å². The Morgan fingerprint density at radius 2 is 1.80 bits per heavy atom. The van der Waals surface area contributed by atoms with E-state index in [4.69, 9.17) is 9.47 Å². The maximum atomic E-state index is 12.4. The van der Waals surface area contributed by atoms with E-state index in [9.17, 15) is 18.0 Å². The second-order valence-corrected chi connectivity index (χ2v) is 5.74. The summed E-state index contributed by atoms with van der Waals surface area (Å²) in [6.45, 7) is 3.03. The van der Waals surface area contributed by atoms with Crippen molar-refractivity contribution in [2.75, 3.05) is 13.2 Å². The zero-order valence-corrected chi connectivity index (χ0v) is 11.7. The lowest BCUT2D eigenvalue weighted by Gasteiger charge is -2.38. The Morgan fingerprint density at radius 3 is 2.25 bits per heavy atom. The van der Waals surface area contributed by atoms with Gasteiger partial charge in [0.05, 0.1) is 13.2 Å². The van der Waals surface area contributed by atoms with E-state index in [1.165, 1.54) is 0 Å². The highest BCUT2D eigenvalue weighted by Crippen LogP contribution is 2.42. The van der Waals surface area contributed by atoms with E-state index in [2.05, 4.69) is 0 Å². The number of rotatable bonds is 4. The molecule has 0 bridgehead atoms. The second-order valence-electron chi connectivity index (χ2n) is 5.74. The lowest BCUT2D eigenvalue weighted by molar-refractivity contribution is -0.186. The predicted octanol–water partition coefficient (Wildman–Crippen LogP) is 3.47. The molecular formula is C14H21F3O3. The third-order valence-electron chi connectivity index (χ3n) is 4.56. The van der Waals surface area contributed by atoms with E-state index in [1.807, 2.05) is 6.92 Å². The van der Waals surface area contributed by atoms with Crippen LogP contribution in [0.2, 0.25) is 0 Å². The Hall–Kier alpha value is -0.620. The van der Waals surface area contributed by atoms with Crippen molar-refractivity contribution in [3.05, 3.63) is 0 Å². The van der Waals surface area contributed by atoms with Gasteiger partial charge >= 0.3 is 6.18 Å². The van der Waals surface area contributed by atoms with Crippen LogP contribution < -0.4 is 0 Å². The molecule has 1 heterocycles. The molecule has 1 unspecified atom stereocenters. The van der Waals surface area contributed by atoms with Crippen LogP contribution in [-0.2, 0) is 14.3 Å². The van der Waals surface area contributed by atoms with Gasteiger partial charge in [0.15, 0.2) is 5.79 Å². The average molecular weight is 294 g/mol. The summed E-state index contributed by atoms with van der Waals surface area (Å²) in [5, 5.41) is 0. The molecular weight excluding hydrogens is 273 g/mol. The molecule has 1 saturated carbocycles. The Balaban J connectivity index is 1.88. The van der Waals surface area contributed by atoms with Gasteiger partial charge < -0.3 is 9.47 Å². The van der Waals surface area contributed by atoms with Crippen LogP contribution in [0.5, 0.6) is 0 Å². The first-order valence-electron chi connectivity index (χ1n) is 7.24. The van der Waals surface area contributed by atoms with Gasteiger partial charge in [0.1, 0.15) is 0 Å². The molecule has 1 spiro atoms. The highest BCUT2D eigenvalue weighted by atomic mass is 19.4. The predicted molar refractivity (Wildman–Crippen MR) is 66.1 cm³/mol. The molecule has 2 rings (SSSR count). The van der Waals surface area contributed by atoms with Crippen molar-refractivity contribution < 1.29 is 27.4 Å². The lowest BCUT2D eigenvalue weighted by Crippen LogP contribution is -2.37. The van der Waals surface area contributed by atoms with Crippen molar-refractivity contribution in [3.63, 3.8) is 0 Å². The first-order valence-corrected chi connectivity index (χ1v) is 7.24. The SMILES string of the molecule is CCC(CC(=O)C(F)(F)F)C1CCC2(CC1)OCCO2. The van der Waals surface area contributed by atoms with Gasteiger partial charge in [0.2, 0.25) is 5.78 Å². The third-order valence-corrected chi connectivity index (χ3v) is 4.56. The number of carbonyl (C=O) groups is 1. The molecule has 0 amide bonds. The molecule has 20 heavy (non-hydrogen) atoms. The van der Waals surface area contributed by atoms with E-state index >= 15 is 0 Å². The fourth-order valence-electron chi connectivity index (χ4n) is 3.34. The zero-order chi connectivity index (χ0) is 14.8. The van der Waals surface area contributed by atoms with Crippen molar-refractivity contribution in [1.29, 1.82) is 0 Å². The minimum Gasteiger partial charge on any atom is -0.348 e. The Morgan fingerprint density at radius 1 is 1.25 bits per heavy atom. The van der Waals surface area contributed by atoms with Crippen LogP contribution in [-0.4, -0.2) is 31.0 Å². The number of ether oxygens (including phenoxy) is 2. The number of alkyl halides is 3. The maximum absolute atomic E-state index is 12.4. The summed E-state index contributed by atoms with van der Waals surface area (Å²) in [4.78, 5) is 11.2. The molecule has 0 aromatic carbocycles. The molecule has 0 N–H and O–H groups in total. The molecule has 0 radical (unpaired) electrons. The van der Waals surface area contributed by atoms with Crippen LogP contribution >= 0.6 is 0 Å². The maximum Gasteiger partial charge on any atom is 0.449 e. The number of halogens is 3. The van der Waals surface area contributed by atoms with Crippen molar-refractivity contribution in [3.8, 4) is 0 Å². The number of hydrogen-bond donors (Lipinski definition) is 0. The molecule has 3 nitrogen and oxygen atoms in total. The number of Topliss-reactive ketones (excluding diaryl/α,β-unsaturated/α-hetero) is 1. The largest absolute Gasteiger partial charge is 0.449 e. The summed E-state index contributed by atoms with van der Waals surface area (Å²) in [6, 6.07) is 0. The van der Waals surface area contributed by atoms with Crippen LogP contribution in [0.3, 0.4) is 0 Å². The van der Waals surface area contributed by atoms with E-state index < -0.39 is 17.7 Å². The molecule has 1 aliphatic carbocycles. The fourth-order valence-corrected chi connectivity index (χ4v) is 3.34. The van der Waals surface area contributed by atoms with E-state index in [0.717, 1.165) is 12.8 Å². The van der Waals surface area contributed by atoms with Crippen LogP contribution in [0.4, 0.5) is 13.2 Å². The molecule has 2 aliphatic rings. The van der Waals surface area contributed by atoms with Gasteiger partial charge in [-0.1, -0.05) is 13.3 Å². The summed E-state index contributed by atoms with van der Waals surface area (Å²) < 4.78 is 48.3. The molecule has 1 saturated heterocycles. The molecule has 2 fully saturated rings. The van der Waals surface area contributed by atoms with Gasteiger partial charge in [-0.3, -0.25) is 4.79 Å². The number of ketones is 1. The summed E-state index contributed by atoms with van der Waals surface area (Å²) in [6.07, 6.45) is -1.53. The van der Waals surface area contributed by atoms with Crippen LogP contribution in [0.1, 0.15) is 45.4 Å². The summed E-state index contributed by atoms with van der Waals surface area (Å²) in [5.41, 5.74) is 0. The smallest absolute Gasteiger partial charge is 0.348 e. The molecule has 0 aromatic rings. The monoisotopic (exact) mass is 294 g/mol. The second kappa shape index (κ2) is 6.02. The molecule has 1 aliphatic heterocycles. The Kier molecular flexibility index (Phi) is 4.74. The first kappa shape index (κ1) is 15.8. The number of carbonyl (C=O) groups excluding carboxylic acids is 1. The topological polar surface area (TPSA) is 35.5 Å². The highest BCUT2D eigenvalue weighted by Gasteiger charge is 2.44. The summed E-state index contributed by atoms with van der Waals surface area (Å²) in [5.74, 6) is -2.13. The van der Waals surface area contributed by atoms with E-state index in [-0.39, 0.29) is 18.3 Å². The van der Waals surface area contributed by atoms with Crippen LogP contribution in [0.15, 0.2) is 0 Å². The van der Waals surface area contributed by atoms with Crippen LogP contribution in [0.25, 0.3) is 0 Å². The summed E-state index contributed by atoms with van der Waals surface area (Å²) >= 11 is 0. The average Bonchev–Trinajstić information content (AvgIpc) is 2.84. The highest BCUT2D eigenvalue weighted by molar-refractivity contribution is 5.84. The van der Waals surface area contributed by atoms with E-state index in [0.29, 0.717) is 32.5 Å². The van der Waals surface area contributed by atoms with Gasteiger partial charge in [-0.05, 0) is 24.7 Å². The van der Waals surface area contributed by atoms with Gasteiger partial charge in [0, 0.05) is 19.3 Å². The molecule has 1 atom stereocenters. The number of hydrogen-bond acceptors (Lipinski definition) is 3. The van der Waals surface area contributed by atoms with Crippen LogP contribution in [0, 0.1) is 11.8 Å². The standard InChI is InChI=1S/C14H21F3O3/c1-2-10(9-12(18)14(15,16)17)11-3-5-13(6-4-11)19-7-8-20-13/h10-11H,2-9H2,1H3. The zero-order valence-electron chi connectivity index (χ0n) is 11.7. The van der Waals surface area contributed by atoms with Gasteiger partial charge in [-0.25, -0.2) is 0 Å². The minimum absolute atomic E-state index is 0.157. The molecule has 0 aromatic heterocycles. The van der Waals surface area contributed by atoms with Crippen molar-refractivity contribution in [2.24, 2.45) is 11.8 Å². The van der Waals surface area contributed by atoms with E-state index in [1.54, 1.807) is 0 Å². The quantitative estimate of drug-likeness (QED) is 0.796. The third kappa shape index (κ3) is 3.52. The molecule has 116 valence electrons. The first-order chi connectivity index (χ1) is 9.36. The Bertz CT molecular complexity index is 338. The molecule has 6 heteroatoms. The lowest BCUT2D eigenvalue weighted by atomic mass is 9.75. The normalized spacial score (nSPS) is 25.0. The van der Waals surface area contributed by atoms with Crippen molar-refractivity contribution >= 4 is 5.78 Å². The summed E-state index contributed by atoms with van der Waals surface area (Å²) in [7, 11) is 0. The van der Waals surface area contributed by atoms with Gasteiger partial charge in [-0.15, -0.1) is 0 Å².